The van der Waals surface area contributed by atoms with Crippen molar-refractivity contribution < 1.29 is 9.59 Å². The Balaban J connectivity index is 1.71. The first-order chi connectivity index (χ1) is 13.0. The van der Waals surface area contributed by atoms with E-state index in [2.05, 4.69) is 10.6 Å². The van der Waals surface area contributed by atoms with E-state index in [0.29, 0.717) is 17.1 Å². The molecule has 6 heteroatoms. The largest absolute Gasteiger partial charge is 0.397 e. The molecule has 0 aromatic heterocycles. The van der Waals surface area contributed by atoms with Crippen LogP contribution in [0.1, 0.15) is 5.56 Å². The summed E-state index contributed by atoms with van der Waals surface area (Å²) >= 11 is 1.51. The van der Waals surface area contributed by atoms with E-state index >= 15 is 0 Å². The van der Waals surface area contributed by atoms with Crippen LogP contribution in [-0.2, 0) is 9.59 Å². The second-order valence-corrected chi connectivity index (χ2v) is 7.03. The van der Waals surface area contributed by atoms with Crippen LogP contribution in [-0.4, -0.2) is 11.8 Å². The van der Waals surface area contributed by atoms with Crippen LogP contribution in [0.5, 0.6) is 0 Å². The molecule has 136 valence electrons. The van der Waals surface area contributed by atoms with Crippen LogP contribution in [0, 0.1) is 6.92 Å². The van der Waals surface area contributed by atoms with Gasteiger partial charge in [0.25, 0.3) is 0 Å². The van der Waals surface area contributed by atoms with Gasteiger partial charge in [-0.25, -0.2) is 0 Å². The first kappa shape index (κ1) is 18.5. The third-order valence-corrected chi connectivity index (χ3v) is 4.85. The Bertz CT molecular complexity index is 974. The van der Waals surface area contributed by atoms with Gasteiger partial charge in [-0.3, -0.25) is 9.59 Å². The summed E-state index contributed by atoms with van der Waals surface area (Å²) in [5.41, 5.74) is 8.25. The zero-order valence-electron chi connectivity index (χ0n) is 14.7. The summed E-state index contributed by atoms with van der Waals surface area (Å²) in [6, 6.07) is 22.4. The topological polar surface area (TPSA) is 84.2 Å². The smallest absolute Gasteiger partial charge is 0.314 e. The summed E-state index contributed by atoms with van der Waals surface area (Å²) < 4.78 is 0. The maximum Gasteiger partial charge on any atom is 0.314 e. The fourth-order valence-electron chi connectivity index (χ4n) is 2.43. The Labute approximate surface area is 162 Å². The van der Waals surface area contributed by atoms with Gasteiger partial charge in [-0.1, -0.05) is 48.2 Å². The molecule has 27 heavy (non-hydrogen) atoms. The minimum Gasteiger partial charge on any atom is -0.397 e. The summed E-state index contributed by atoms with van der Waals surface area (Å²) in [5, 5.41) is 5.21. The molecule has 0 saturated carbocycles. The van der Waals surface area contributed by atoms with E-state index in [-0.39, 0.29) is 0 Å². The molecule has 0 aliphatic heterocycles. The quantitative estimate of drug-likeness (QED) is 0.467. The highest BCUT2D eigenvalue weighted by Gasteiger charge is 2.17. The van der Waals surface area contributed by atoms with Gasteiger partial charge in [0.05, 0.1) is 17.1 Å². The second-order valence-electron chi connectivity index (χ2n) is 5.91. The molecule has 0 heterocycles. The highest BCUT2D eigenvalue weighted by molar-refractivity contribution is 7.99. The number of rotatable bonds is 4. The average molecular weight is 377 g/mol. The molecule has 3 aromatic carbocycles. The number of anilines is 3. The number of hydrogen-bond acceptors (Lipinski definition) is 4. The number of nitrogen functional groups attached to an aromatic ring is 1. The lowest BCUT2D eigenvalue weighted by molar-refractivity contribution is -0.133. The van der Waals surface area contributed by atoms with Crippen LogP contribution in [0.2, 0.25) is 0 Å². The number of benzene rings is 3. The minimum absolute atomic E-state index is 0.410. The SMILES string of the molecule is Cc1ccc(NC(=O)C(=O)Nc2ccccc2Sc2ccccc2)c(N)c1. The predicted molar refractivity (Wildman–Crippen MR) is 110 cm³/mol. The lowest BCUT2D eigenvalue weighted by atomic mass is 10.2. The van der Waals surface area contributed by atoms with Crippen LogP contribution in [0.25, 0.3) is 0 Å². The monoisotopic (exact) mass is 377 g/mol. The van der Waals surface area contributed by atoms with Gasteiger partial charge in [0.15, 0.2) is 0 Å². The third-order valence-electron chi connectivity index (χ3n) is 3.77. The van der Waals surface area contributed by atoms with Crippen molar-refractivity contribution >= 4 is 40.6 Å². The molecular formula is C21H19N3O2S. The van der Waals surface area contributed by atoms with Gasteiger partial charge in [-0.05, 0) is 48.9 Å². The lowest BCUT2D eigenvalue weighted by Gasteiger charge is -2.12. The van der Waals surface area contributed by atoms with E-state index < -0.39 is 11.8 Å². The van der Waals surface area contributed by atoms with Crippen molar-refractivity contribution in [3.63, 3.8) is 0 Å². The van der Waals surface area contributed by atoms with Gasteiger partial charge in [-0.15, -0.1) is 0 Å². The molecule has 0 aliphatic carbocycles. The van der Waals surface area contributed by atoms with Gasteiger partial charge >= 0.3 is 11.8 Å². The van der Waals surface area contributed by atoms with E-state index in [4.69, 9.17) is 5.73 Å². The van der Waals surface area contributed by atoms with Crippen LogP contribution >= 0.6 is 11.8 Å². The summed E-state index contributed by atoms with van der Waals surface area (Å²) in [6.07, 6.45) is 0. The number of nitrogens with one attached hydrogen (secondary N) is 2. The Kier molecular flexibility index (Phi) is 5.78. The first-order valence-electron chi connectivity index (χ1n) is 8.33. The molecule has 0 spiro atoms. The number of hydrogen-bond donors (Lipinski definition) is 3. The van der Waals surface area contributed by atoms with E-state index in [9.17, 15) is 9.59 Å². The lowest BCUT2D eigenvalue weighted by Crippen LogP contribution is -2.29. The van der Waals surface area contributed by atoms with Gasteiger partial charge in [0.1, 0.15) is 0 Å². The highest BCUT2D eigenvalue weighted by atomic mass is 32.2. The van der Waals surface area contributed by atoms with Gasteiger partial charge in [0.2, 0.25) is 0 Å². The van der Waals surface area contributed by atoms with Crippen LogP contribution < -0.4 is 16.4 Å². The first-order valence-corrected chi connectivity index (χ1v) is 9.15. The number of carbonyl (C=O) groups is 2. The maximum absolute atomic E-state index is 12.3. The number of aryl methyl sites for hydroxylation is 1. The second kappa shape index (κ2) is 8.42. The molecule has 0 fully saturated rings. The molecule has 0 saturated heterocycles. The average Bonchev–Trinajstić information content (AvgIpc) is 2.66. The standard InChI is InChI=1S/C21H19N3O2S/c1-14-11-12-17(16(22)13-14)23-20(25)21(26)24-18-9-5-6-10-19(18)27-15-7-3-2-4-8-15/h2-13H,22H2,1H3,(H,23,25)(H,24,26). The fraction of sp³-hybridized carbons (Fsp3) is 0.0476. The van der Waals surface area contributed by atoms with E-state index in [0.717, 1.165) is 15.4 Å². The molecular weight excluding hydrogens is 358 g/mol. The fourth-order valence-corrected chi connectivity index (χ4v) is 3.35. The molecule has 0 radical (unpaired) electrons. The highest BCUT2D eigenvalue weighted by Crippen LogP contribution is 2.33. The van der Waals surface area contributed by atoms with Crippen molar-refractivity contribution in [3.05, 3.63) is 78.4 Å². The Hall–Kier alpha value is -3.25. The summed E-state index contributed by atoms with van der Waals surface area (Å²) in [4.78, 5) is 26.4. The van der Waals surface area contributed by atoms with E-state index in [1.165, 1.54) is 11.8 Å². The number of carbonyl (C=O) groups excluding carboxylic acids is 2. The summed E-state index contributed by atoms with van der Waals surface area (Å²) in [5.74, 6) is -1.53. The molecule has 3 rings (SSSR count). The van der Waals surface area contributed by atoms with Crippen molar-refractivity contribution in [2.75, 3.05) is 16.4 Å². The third kappa shape index (κ3) is 4.89. The van der Waals surface area contributed by atoms with Crippen LogP contribution in [0.4, 0.5) is 17.1 Å². The van der Waals surface area contributed by atoms with Crippen molar-refractivity contribution in [1.29, 1.82) is 0 Å². The van der Waals surface area contributed by atoms with Crippen molar-refractivity contribution in [3.8, 4) is 0 Å². The van der Waals surface area contributed by atoms with Gasteiger partial charge < -0.3 is 16.4 Å². The Morgan fingerprint density at radius 1 is 0.815 bits per heavy atom. The Morgan fingerprint density at radius 3 is 2.15 bits per heavy atom. The zero-order chi connectivity index (χ0) is 19.2. The molecule has 0 unspecified atom stereocenters. The van der Waals surface area contributed by atoms with E-state index in [1.807, 2.05) is 55.5 Å². The van der Waals surface area contributed by atoms with Crippen molar-refractivity contribution in [1.82, 2.24) is 0 Å². The van der Waals surface area contributed by atoms with Crippen LogP contribution in [0.15, 0.2) is 82.6 Å². The molecule has 3 aromatic rings. The molecule has 4 N–H and O–H groups in total. The number of nitrogens with two attached hydrogens (primary N) is 1. The Morgan fingerprint density at radius 2 is 1.44 bits per heavy atom. The van der Waals surface area contributed by atoms with E-state index in [1.54, 1.807) is 24.3 Å². The summed E-state index contributed by atoms with van der Waals surface area (Å²) in [7, 11) is 0. The molecule has 0 aliphatic rings. The number of amides is 2. The van der Waals surface area contributed by atoms with Crippen molar-refractivity contribution in [2.45, 2.75) is 16.7 Å². The number of para-hydroxylation sites is 1. The minimum atomic E-state index is -0.773. The molecule has 0 bridgehead atoms. The van der Waals surface area contributed by atoms with Crippen LogP contribution in [0.3, 0.4) is 0 Å². The predicted octanol–water partition coefficient (Wildman–Crippen LogP) is 4.31. The summed E-state index contributed by atoms with van der Waals surface area (Å²) in [6.45, 7) is 1.90. The maximum atomic E-state index is 12.3. The molecule has 5 nitrogen and oxygen atoms in total. The van der Waals surface area contributed by atoms with Gasteiger partial charge in [-0.2, -0.15) is 0 Å². The van der Waals surface area contributed by atoms with Crippen molar-refractivity contribution in [2.24, 2.45) is 0 Å². The molecule has 0 atom stereocenters. The normalized spacial score (nSPS) is 10.3. The molecule has 2 amide bonds. The zero-order valence-corrected chi connectivity index (χ0v) is 15.5. The van der Waals surface area contributed by atoms with Gasteiger partial charge in [0, 0.05) is 9.79 Å².